The Morgan fingerprint density at radius 3 is 2.82 bits per heavy atom. The molecule has 28 heavy (non-hydrogen) atoms. The number of carbonyl (C=O) groups is 1. The third kappa shape index (κ3) is 6.19. The number of terminal acetylenes is 1. The lowest BCUT2D eigenvalue weighted by Gasteiger charge is -2.18. The maximum absolute atomic E-state index is 12.4. The van der Waals surface area contributed by atoms with Crippen molar-refractivity contribution in [3.8, 4) is 22.9 Å². The first-order valence-corrected chi connectivity index (χ1v) is 10.3. The zero-order valence-corrected chi connectivity index (χ0v) is 16.5. The number of alkyl halides is 3. The second kappa shape index (κ2) is 9.36. The lowest BCUT2D eigenvalue weighted by molar-refractivity contribution is -0.904. The van der Waals surface area contributed by atoms with Crippen LogP contribution < -0.4 is 9.63 Å². The highest BCUT2D eigenvalue weighted by Crippen LogP contribution is 2.37. The van der Waals surface area contributed by atoms with Crippen LogP contribution >= 0.6 is 22.9 Å². The minimum Gasteiger partial charge on any atom is -0.289 e. The minimum atomic E-state index is -4.57. The second-order valence-electron chi connectivity index (χ2n) is 5.43. The van der Waals surface area contributed by atoms with E-state index < -0.39 is 40.8 Å². The first-order valence-electron chi connectivity index (χ1n) is 7.63. The van der Waals surface area contributed by atoms with Crippen molar-refractivity contribution in [2.75, 3.05) is 23.0 Å². The van der Waals surface area contributed by atoms with E-state index in [4.69, 9.17) is 18.0 Å². The number of thiazole rings is 1. The average molecular weight is 453 g/mol. The summed E-state index contributed by atoms with van der Waals surface area (Å²) in [6.45, 7) is -0.180. The molecule has 1 unspecified atom stereocenters. The molecule has 2 heterocycles. The van der Waals surface area contributed by atoms with Gasteiger partial charge in [-0.25, -0.2) is 4.98 Å². The number of hydrogen-bond donors (Lipinski definition) is 1. The molecule has 0 spiro atoms. The molecule has 0 fully saturated rings. The van der Waals surface area contributed by atoms with Gasteiger partial charge in [-0.15, -0.1) is 6.42 Å². The molecule has 0 saturated heterocycles. The van der Waals surface area contributed by atoms with Crippen LogP contribution in [0.3, 0.4) is 0 Å². The van der Waals surface area contributed by atoms with E-state index in [0.717, 1.165) is 21.0 Å². The Morgan fingerprint density at radius 2 is 2.21 bits per heavy atom. The van der Waals surface area contributed by atoms with Crippen LogP contribution in [0, 0.1) is 12.3 Å². The van der Waals surface area contributed by atoms with Crippen LogP contribution in [-0.4, -0.2) is 44.5 Å². The zero-order chi connectivity index (χ0) is 20.9. The lowest BCUT2D eigenvalue weighted by atomic mass is 10.3. The topological polar surface area (TPSA) is 74.4 Å². The van der Waals surface area contributed by atoms with Crippen LogP contribution in [0.1, 0.15) is 6.42 Å². The molecule has 0 saturated carbocycles. The maximum atomic E-state index is 12.4. The SMILES string of the molecule is C#CCN(C(=O)CCS(=O)CC(F)(F)F)c1sc(-c2ccc[n+](O)c2)nc1Cl. The number of amides is 1. The van der Waals surface area contributed by atoms with Gasteiger partial charge < -0.3 is 0 Å². The highest BCUT2D eigenvalue weighted by Gasteiger charge is 2.31. The molecule has 12 heteroatoms. The van der Waals surface area contributed by atoms with Gasteiger partial charge in [0, 0.05) is 33.8 Å². The van der Waals surface area contributed by atoms with Crippen LogP contribution in [0.2, 0.25) is 5.15 Å². The summed E-state index contributed by atoms with van der Waals surface area (Å²) in [5.74, 6) is -0.260. The minimum absolute atomic E-state index is 0.0200. The highest BCUT2D eigenvalue weighted by molar-refractivity contribution is 7.85. The first kappa shape index (κ1) is 22.1. The van der Waals surface area contributed by atoms with E-state index in [1.165, 1.54) is 12.4 Å². The van der Waals surface area contributed by atoms with Gasteiger partial charge in [0.15, 0.2) is 5.15 Å². The molecule has 2 aromatic heterocycles. The van der Waals surface area contributed by atoms with E-state index in [-0.39, 0.29) is 16.7 Å². The van der Waals surface area contributed by atoms with Crippen LogP contribution in [0.5, 0.6) is 0 Å². The average Bonchev–Trinajstić information content (AvgIpc) is 2.97. The molecular formula is C16H14ClF3N3O3S2+. The molecule has 0 aliphatic rings. The number of carbonyl (C=O) groups excluding carboxylic acids is 1. The molecule has 6 nitrogen and oxygen atoms in total. The van der Waals surface area contributed by atoms with Gasteiger partial charge in [-0.3, -0.25) is 19.1 Å². The van der Waals surface area contributed by atoms with Crippen molar-refractivity contribution >= 4 is 44.6 Å². The van der Waals surface area contributed by atoms with E-state index >= 15 is 0 Å². The Labute approximate surface area is 170 Å². The Kier molecular flexibility index (Phi) is 7.40. The molecular weight excluding hydrogens is 439 g/mol. The summed E-state index contributed by atoms with van der Waals surface area (Å²) >= 11 is 7.15. The van der Waals surface area contributed by atoms with Gasteiger partial charge in [-0.1, -0.05) is 28.9 Å². The molecule has 1 atom stereocenters. The van der Waals surface area contributed by atoms with Crippen molar-refractivity contribution in [3.63, 3.8) is 0 Å². The summed E-state index contributed by atoms with van der Waals surface area (Å²) in [6, 6.07) is 3.24. The predicted molar refractivity (Wildman–Crippen MR) is 99.7 cm³/mol. The molecule has 0 aliphatic heterocycles. The molecule has 0 bridgehead atoms. The fourth-order valence-corrected chi connectivity index (χ4v) is 4.36. The Bertz CT molecular complexity index is 928. The van der Waals surface area contributed by atoms with Gasteiger partial charge in [0.25, 0.3) is 0 Å². The Morgan fingerprint density at radius 1 is 1.50 bits per heavy atom. The van der Waals surface area contributed by atoms with E-state index in [9.17, 15) is 27.4 Å². The van der Waals surface area contributed by atoms with Gasteiger partial charge >= 0.3 is 6.18 Å². The molecule has 2 rings (SSSR count). The van der Waals surface area contributed by atoms with E-state index in [0.29, 0.717) is 10.6 Å². The Hall–Kier alpha value is -2.16. The molecule has 2 aromatic rings. The van der Waals surface area contributed by atoms with Gasteiger partial charge in [-0.2, -0.15) is 13.2 Å². The van der Waals surface area contributed by atoms with Crippen LogP contribution in [0.15, 0.2) is 24.5 Å². The van der Waals surface area contributed by atoms with E-state index in [1.54, 1.807) is 12.1 Å². The smallest absolute Gasteiger partial charge is 0.289 e. The molecule has 0 aliphatic carbocycles. The number of nitrogens with zero attached hydrogens (tertiary/aromatic N) is 3. The molecule has 0 aromatic carbocycles. The second-order valence-corrected chi connectivity index (χ2v) is 8.34. The molecule has 1 N–H and O–H groups in total. The van der Waals surface area contributed by atoms with Gasteiger partial charge in [0.05, 0.1) is 12.1 Å². The zero-order valence-electron chi connectivity index (χ0n) is 14.1. The number of pyridine rings is 1. The number of aromatic nitrogens is 2. The normalized spacial score (nSPS) is 12.4. The predicted octanol–water partition coefficient (Wildman–Crippen LogP) is 2.66. The number of halogens is 4. The summed E-state index contributed by atoms with van der Waals surface area (Å²) in [7, 11) is -2.22. The van der Waals surface area contributed by atoms with E-state index in [1.807, 2.05) is 0 Å². The van der Waals surface area contributed by atoms with Crippen molar-refractivity contribution < 1.29 is 32.1 Å². The maximum Gasteiger partial charge on any atom is 0.400 e. The van der Waals surface area contributed by atoms with E-state index in [2.05, 4.69) is 10.9 Å². The van der Waals surface area contributed by atoms with Gasteiger partial charge in [0.1, 0.15) is 15.8 Å². The monoisotopic (exact) mass is 452 g/mol. The quantitative estimate of drug-likeness (QED) is 0.398. The largest absolute Gasteiger partial charge is 0.400 e. The van der Waals surface area contributed by atoms with Crippen LogP contribution in [-0.2, 0) is 15.6 Å². The molecule has 1 amide bonds. The number of rotatable bonds is 7. The summed E-state index contributed by atoms with van der Waals surface area (Å²) in [5, 5.41) is 10.1. The summed E-state index contributed by atoms with van der Waals surface area (Å²) in [6.07, 6.45) is 3.10. The summed E-state index contributed by atoms with van der Waals surface area (Å²) < 4.78 is 49.1. The highest BCUT2D eigenvalue weighted by atomic mass is 35.5. The number of hydrogen-bond acceptors (Lipinski definition) is 5. The lowest BCUT2D eigenvalue weighted by Crippen LogP contribution is -2.32. The van der Waals surface area contributed by atoms with Crippen LogP contribution in [0.25, 0.3) is 10.6 Å². The van der Waals surface area contributed by atoms with Gasteiger partial charge in [-0.05, 0) is 6.07 Å². The summed E-state index contributed by atoms with van der Waals surface area (Å²) in [4.78, 5) is 17.7. The van der Waals surface area contributed by atoms with Crippen LogP contribution in [0.4, 0.5) is 18.2 Å². The van der Waals surface area contributed by atoms with Gasteiger partial charge in [0.2, 0.25) is 18.3 Å². The van der Waals surface area contributed by atoms with Crippen molar-refractivity contribution in [1.82, 2.24) is 4.98 Å². The molecule has 150 valence electrons. The first-order chi connectivity index (χ1) is 13.1. The standard InChI is InChI=1S/C16H14ClF3N3O3S2/c1-2-6-23(12(24)5-8-28(26)10-16(18,19)20)15-13(17)21-14(27-15)11-4-3-7-22(25)9-11/h1,3-4,7,9,25H,5-6,8,10H2/q+1. The van der Waals surface area contributed by atoms with Crippen molar-refractivity contribution in [1.29, 1.82) is 0 Å². The molecule has 0 radical (unpaired) electrons. The van der Waals surface area contributed by atoms with Crippen molar-refractivity contribution in [2.45, 2.75) is 12.6 Å². The number of anilines is 1. The Balaban J connectivity index is 2.18. The third-order valence-electron chi connectivity index (χ3n) is 3.27. The summed E-state index contributed by atoms with van der Waals surface area (Å²) in [5.41, 5.74) is 0.530. The van der Waals surface area contributed by atoms with Crippen molar-refractivity contribution in [3.05, 3.63) is 29.7 Å². The fraction of sp³-hybridized carbons (Fsp3) is 0.312. The third-order valence-corrected chi connectivity index (χ3v) is 6.08. The fourth-order valence-electron chi connectivity index (χ4n) is 2.13. The van der Waals surface area contributed by atoms with Crippen molar-refractivity contribution in [2.24, 2.45) is 0 Å².